The number of Topliss-reactive ketones (excluding diaryl/α,β-unsaturated/α-hetero) is 1. The van der Waals surface area contributed by atoms with E-state index in [0.717, 1.165) is 18.5 Å². The van der Waals surface area contributed by atoms with E-state index >= 15 is 0 Å². The lowest BCUT2D eigenvalue weighted by atomic mass is 9.91. The molecule has 24 heavy (non-hydrogen) atoms. The van der Waals surface area contributed by atoms with Gasteiger partial charge < -0.3 is 15.4 Å². The van der Waals surface area contributed by atoms with Crippen LogP contribution in [0.1, 0.15) is 52.9 Å². The molecule has 1 aromatic carbocycles. The van der Waals surface area contributed by atoms with Crippen molar-refractivity contribution in [1.82, 2.24) is 5.32 Å². The normalized spacial score (nSPS) is 15.6. The molecular formula is C19H28N2O3. The number of anilines is 1. The highest BCUT2D eigenvalue weighted by Gasteiger charge is 2.22. The van der Waals surface area contributed by atoms with Gasteiger partial charge in [-0.25, -0.2) is 4.79 Å². The van der Waals surface area contributed by atoms with Crippen LogP contribution in [0.15, 0.2) is 24.3 Å². The van der Waals surface area contributed by atoms with Crippen molar-refractivity contribution in [2.24, 2.45) is 5.41 Å². The van der Waals surface area contributed by atoms with Crippen molar-refractivity contribution in [3.63, 3.8) is 0 Å². The lowest BCUT2D eigenvalue weighted by molar-refractivity contribution is -0.125. The highest BCUT2D eigenvalue weighted by atomic mass is 16.6. The Balaban J connectivity index is 1.91. The van der Waals surface area contributed by atoms with E-state index in [9.17, 15) is 9.59 Å². The number of amides is 1. The van der Waals surface area contributed by atoms with Crippen molar-refractivity contribution >= 4 is 17.6 Å². The molecule has 0 aliphatic heterocycles. The SMILES string of the molecule is CC(C)(C)C(=O)CNC(=O)Oc1ccccc1NC1CCCCC1. The van der Waals surface area contributed by atoms with E-state index in [1.807, 2.05) is 39.0 Å². The molecule has 2 rings (SSSR count). The van der Waals surface area contributed by atoms with Gasteiger partial charge in [-0.3, -0.25) is 4.79 Å². The lowest BCUT2D eigenvalue weighted by Gasteiger charge is -2.24. The number of nitrogens with one attached hydrogen (secondary N) is 2. The summed E-state index contributed by atoms with van der Waals surface area (Å²) in [4.78, 5) is 23.8. The van der Waals surface area contributed by atoms with Gasteiger partial charge in [0.05, 0.1) is 12.2 Å². The molecule has 1 fully saturated rings. The standard InChI is InChI=1S/C19H28N2O3/c1-19(2,3)17(22)13-20-18(23)24-16-12-8-7-11-15(16)21-14-9-5-4-6-10-14/h7-8,11-12,14,21H,4-6,9-10,13H2,1-3H3,(H,20,23). The highest BCUT2D eigenvalue weighted by molar-refractivity contribution is 5.88. The van der Waals surface area contributed by atoms with Crippen LogP contribution in [0.4, 0.5) is 10.5 Å². The van der Waals surface area contributed by atoms with Crippen molar-refractivity contribution in [3.05, 3.63) is 24.3 Å². The smallest absolute Gasteiger partial charge is 0.408 e. The minimum Gasteiger partial charge on any atom is -0.408 e. The number of carbonyl (C=O) groups excluding carboxylic acids is 2. The predicted octanol–water partition coefficient (Wildman–Crippen LogP) is 4.13. The second kappa shape index (κ2) is 8.18. The first kappa shape index (κ1) is 18.3. The van der Waals surface area contributed by atoms with Crippen LogP contribution in [-0.2, 0) is 4.79 Å². The van der Waals surface area contributed by atoms with Gasteiger partial charge in [-0.1, -0.05) is 52.2 Å². The Bertz CT molecular complexity index is 572. The molecule has 0 spiro atoms. The van der Waals surface area contributed by atoms with Crippen LogP contribution in [0.3, 0.4) is 0 Å². The Morgan fingerprint density at radius 1 is 1.12 bits per heavy atom. The maximum absolute atomic E-state index is 12.0. The molecule has 1 aromatic rings. The molecule has 2 N–H and O–H groups in total. The van der Waals surface area contributed by atoms with Crippen LogP contribution in [0.25, 0.3) is 0 Å². The first-order valence-electron chi connectivity index (χ1n) is 8.71. The molecule has 5 nitrogen and oxygen atoms in total. The number of ether oxygens (including phenoxy) is 1. The lowest BCUT2D eigenvalue weighted by Crippen LogP contribution is -2.37. The summed E-state index contributed by atoms with van der Waals surface area (Å²) in [6.45, 7) is 5.45. The van der Waals surface area contributed by atoms with Gasteiger partial charge >= 0.3 is 6.09 Å². The molecule has 0 saturated heterocycles. The molecule has 1 amide bonds. The summed E-state index contributed by atoms with van der Waals surface area (Å²) in [5.41, 5.74) is 0.343. The predicted molar refractivity (Wildman–Crippen MR) is 95.4 cm³/mol. The van der Waals surface area contributed by atoms with E-state index in [4.69, 9.17) is 4.74 Å². The van der Waals surface area contributed by atoms with Gasteiger partial charge in [-0.2, -0.15) is 0 Å². The summed E-state index contributed by atoms with van der Waals surface area (Å²) < 4.78 is 5.39. The molecule has 0 atom stereocenters. The summed E-state index contributed by atoms with van der Waals surface area (Å²) in [6.07, 6.45) is 5.43. The summed E-state index contributed by atoms with van der Waals surface area (Å²) in [5, 5.41) is 6.00. The zero-order valence-electron chi connectivity index (χ0n) is 14.9. The molecule has 0 heterocycles. The minimum atomic E-state index is -0.606. The van der Waals surface area contributed by atoms with Crippen LogP contribution in [0.2, 0.25) is 0 Å². The van der Waals surface area contributed by atoms with Gasteiger partial charge in [0, 0.05) is 11.5 Å². The molecule has 132 valence electrons. The van der Waals surface area contributed by atoms with Gasteiger partial charge in [0.1, 0.15) is 0 Å². The second-order valence-corrected chi connectivity index (χ2v) is 7.39. The number of para-hydroxylation sites is 2. The molecule has 0 radical (unpaired) electrons. The third-order valence-corrected chi connectivity index (χ3v) is 4.28. The summed E-state index contributed by atoms with van der Waals surface area (Å²) in [5.74, 6) is 0.455. The van der Waals surface area contributed by atoms with Crippen molar-refractivity contribution < 1.29 is 14.3 Å². The average Bonchev–Trinajstić information content (AvgIpc) is 2.54. The van der Waals surface area contributed by atoms with Crippen molar-refractivity contribution in [2.45, 2.75) is 58.9 Å². The number of hydrogen-bond acceptors (Lipinski definition) is 4. The van der Waals surface area contributed by atoms with E-state index < -0.39 is 11.5 Å². The third-order valence-electron chi connectivity index (χ3n) is 4.28. The van der Waals surface area contributed by atoms with E-state index in [1.165, 1.54) is 19.3 Å². The molecule has 0 aromatic heterocycles. The van der Waals surface area contributed by atoms with Crippen LogP contribution < -0.4 is 15.4 Å². The maximum atomic E-state index is 12.0. The van der Waals surface area contributed by atoms with E-state index in [1.54, 1.807) is 6.07 Å². The van der Waals surface area contributed by atoms with E-state index in [2.05, 4.69) is 10.6 Å². The monoisotopic (exact) mass is 332 g/mol. The fourth-order valence-corrected chi connectivity index (χ4v) is 2.70. The second-order valence-electron chi connectivity index (χ2n) is 7.39. The van der Waals surface area contributed by atoms with Crippen molar-refractivity contribution in [3.8, 4) is 5.75 Å². The minimum absolute atomic E-state index is 0.0272. The van der Waals surface area contributed by atoms with Gasteiger partial charge in [0.2, 0.25) is 0 Å². The van der Waals surface area contributed by atoms with E-state index in [-0.39, 0.29) is 12.3 Å². The van der Waals surface area contributed by atoms with Crippen LogP contribution in [0, 0.1) is 5.41 Å². The maximum Gasteiger partial charge on any atom is 0.413 e. The first-order valence-corrected chi connectivity index (χ1v) is 8.71. The fraction of sp³-hybridized carbons (Fsp3) is 0.579. The molecule has 5 heteroatoms. The molecular weight excluding hydrogens is 304 g/mol. The molecule has 0 bridgehead atoms. The van der Waals surface area contributed by atoms with Crippen molar-refractivity contribution in [1.29, 1.82) is 0 Å². The third kappa shape index (κ3) is 5.55. The van der Waals surface area contributed by atoms with Crippen LogP contribution in [0.5, 0.6) is 5.75 Å². The number of ketones is 1. The summed E-state index contributed by atoms with van der Waals surface area (Å²) in [7, 11) is 0. The number of rotatable bonds is 5. The Morgan fingerprint density at radius 3 is 2.46 bits per heavy atom. The van der Waals surface area contributed by atoms with Crippen molar-refractivity contribution in [2.75, 3.05) is 11.9 Å². The Morgan fingerprint density at radius 2 is 1.79 bits per heavy atom. The molecule has 1 saturated carbocycles. The number of carbonyl (C=O) groups is 2. The van der Waals surface area contributed by atoms with E-state index in [0.29, 0.717) is 11.8 Å². The fourth-order valence-electron chi connectivity index (χ4n) is 2.70. The Kier molecular flexibility index (Phi) is 6.23. The highest BCUT2D eigenvalue weighted by Crippen LogP contribution is 2.28. The first-order chi connectivity index (χ1) is 11.4. The van der Waals surface area contributed by atoms with Crippen LogP contribution in [-0.4, -0.2) is 24.5 Å². The number of benzene rings is 1. The molecule has 0 unspecified atom stereocenters. The zero-order chi connectivity index (χ0) is 17.6. The summed E-state index contributed by atoms with van der Waals surface area (Å²) >= 11 is 0. The van der Waals surface area contributed by atoms with Gasteiger partial charge in [0.15, 0.2) is 11.5 Å². The molecule has 1 aliphatic rings. The Labute approximate surface area is 144 Å². The van der Waals surface area contributed by atoms with Gasteiger partial charge in [0.25, 0.3) is 0 Å². The summed E-state index contributed by atoms with van der Waals surface area (Å²) in [6, 6.07) is 7.84. The van der Waals surface area contributed by atoms with Gasteiger partial charge in [-0.05, 0) is 25.0 Å². The topological polar surface area (TPSA) is 67.4 Å². The largest absolute Gasteiger partial charge is 0.413 e. The zero-order valence-corrected chi connectivity index (χ0v) is 14.9. The number of hydrogen-bond donors (Lipinski definition) is 2. The average molecular weight is 332 g/mol. The quantitative estimate of drug-likeness (QED) is 0.850. The van der Waals surface area contributed by atoms with Gasteiger partial charge in [-0.15, -0.1) is 0 Å². The van der Waals surface area contributed by atoms with Crippen LogP contribution >= 0.6 is 0 Å². The Hall–Kier alpha value is -2.04. The molecule has 1 aliphatic carbocycles.